The summed E-state index contributed by atoms with van der Waals surface area (Å²) in [6.45, 7) is 4.20. The lowest BCUT2D eigenvalue weighted by Gasteiger charge is -2.15. The quantitative estimate of drug-likeness (QED) is 0.881. The van der Waals surface area contributed by atoms with Crippen molar-refractivity contribution in [3.05, 3.63) is 35.2 Å². The van der Waals surface area contributed by atoms with Crippen molar-refractivity contribution in [1.82, 2.24) is 24.6 Å². The Bertz CT molecular complexity index is 569. The molecular formula is C12H17N5O. The molecule has 0 aliphatic carbocycles. The second-order valence-corrected chi connectivity index (χ2v) is 4.42. The first-order valence-electron chi connectivity index (χ1n) is 5.74. The minimum absolute atomic E-state index is 0.0342. The summed E-state index contributed by atoms with van der Waals surface area (Å²) in [5.41, 5.74) is 1.72. The van der Waals surface area contributed by atoms with Gasteiger partial charge in [0.25, 0.3) is 5.91 Å². The third-order valence-corrected chi connectivity index (χ3v) is 2.96. The summed E-state index contributed by atoms with van der Waals surface area (Å²) in [6.07, 6.45) is 0. The van der Waals surface area contributed by atoms with E-state index in [4.69, 9.17) is 0 Å². The number of aryl methyl sites for hydroxylation is 2. The number of rotatable bonds is 3. The van der Waals surface area contributed by atoms with Crippen molar-refractivity contribution >= 4 is 5.91 Å². The second-order valence-electron chi connectivity index (χ2n) is 4.42. The molecule has 0 atom stereocenters. The zero-order chi connectivity index (χ0) is 13.3. The fraction of sp³-hybridized carbons (Fsp3) is 0.417. The average Bonchev–Trinajstić information content (AvgIpc) is 2.87. The van der Waals surface area contributed by atoms with Crippen LogP contribution in [0.5, 0.6) is 0 Å². The maximum absolute atomic E-state index is 12.2. The molecule has 2 heterocycles. The van der Waals surface area contributed by atoms with E-state index in [1.54, 1.807) is 11.9 Å². The Morgan fingerprint density at radius 1 is 1.44 bits per heavy atom. The summed E-state index contributed by atoms with van der Waals surface area (Å²) in [7, 11) is 3.63. The van der Waals surface area contributed by atoms with Crippen molar-refractivity contribution in [2.24, 2.45) is 7.05 Å². The van der Waals surface area contributed by atoms with Crippen LogP contribution in [0.25, 0.3) is 0 Å². The van der Waals surface area contributed by atoms with E-state index in [-0.39, 0.29) is 5.91 Å². The van der Waals surface area contributed by atoms with Crippen molar-refractivity contribution in [3.63, 3.8) is 0 Å². The molecule has 2 rings (SSSR count). The number of hydrogen-bond donors (Lipinski definition) is 1. The van der Waals surface area contributed by atoms with E-state index >= 15 is 0 Å². The zero-order valence-electron chi connectivity index (χ0n) is 11.1. The number of aromatic nitrogens is 4. The lowest BCUT2D eigenvalue weighted by Crippen LogP contribution is -2.28. The molecule has 0 fully saturated rings. The number of carbonyl (C=O) groups excluding carboxylic acids is 1. The predicted octanol–water partition coefficient (Wildman–Crippen LogP) is 1.03. The van der Waals surface area contributed by atoms with Crippen LogP contribution in [-0.2, 0) is 13.6 Å². The minimum Gasteiger partial charge on any atom is -0.344 e. The summed E-state index contributed by atoms with van der Waals surface area (Å²) < 4.78 is 1.88. The molecule has 6 heteroatoms. The number of hydrogen-bond acceptors (Lipinski definition) is 3. The maximum Gasteiger partial charge on any atom is 0.270 e. The summed E-state index contributed by atoms with van der Waals surface area (Å²) >= 11 is 0. The van der Waals surface area contributed by atoms with Gasteiger partial charge in [-0.2, -0.15) is 5.10 Å². The van der Waals surface area contributed by atoms with Crippen molar-refractivity contribution in [3.8, 4) is 0 Å². The molecule has 18 heavy (non-hydrogen) atoms. The highest BCUT2D eigenvalue weighted by Crippen LogP contribution is 2.09. The largest absolute Gasteiger partial charge is 0.344 e. The van der Waals surface area contributed by atoms with Gasteiger partial charge in [-0.3, -0.25) is 9.89 Å². The Balaban J connectivity index is 2.12. The van der Waals surface area contributed by atoms with E-state index in [0.29, 0.717) is 18.1 Å². The molecule has 0 saturated heterocycles. The molecule has 1 amide bonds. The van der Waals surface area contributed by atoms with E-state index in [1.807, 2.05) is 37.6 Å². The van der Waals surface area contributed by atoms with E-state index in [1.165, 1.54) is 0 Å². The molecule has 0 radical (unpaired) electrons. The number of nitrogens with zero attached hydrogens (tertiary/aromatic N) is 4. The van der Waals surface area contributed by atoms with Crippen molar-refractivity contribution in [1.29, 1.82) is 0 Å². The Morgan fingerprint density at radius 3 is 2.67 bits per heavy atom. The molecule has 2 aromatic heterocycles. The van der Waals surface area contributed by atoms with Crippen LogP contribution in [0.1, 0.15) is 27.8 Å². The number of carbonyl (C=O) groups is 1. The molecular weight excluding hydrogens is 230 g/mol. The number of aromatic amines is 1. The number of nitrogens with one attached hydrogen (secondary N) is 1. The van der Waals surface area contributed by atoms with Gasteiger partial charge in [0, 0.05) is 19.8 Å². The molecule has 0 aromatic carbocycles. The van der Waals surface area contributed by atoms with E-state index in [9.17, 15) is 4.79 Å². The smallest absolute Gasteiger partial charge is 0.270 e. The highest BCUT2D eigenvalue weighted by molar-refractivity contribution is 5.92. The van der Waals surface area contributed by atoms with Gasteiger partial charge in [0.05, 0.1) is 6.54 Å². The number of H-pyrrole nitrogens is 1. The van der Waals surface area contributed by atoms with E-state index in [0.717, 1.165) is 11.5 Å². The molecule has 0 spiro atoms. The molecule has 0 unspecified atom stereocenters. The molecule has 0 bridgehead atoms. The van der Waals surface area contributed by atoms with Crippen molar-refractivity contribution in [2.75, 3.05) is 7.05 Å². The van der Waals surface area contributed by atoms with Crippen LogP contribution in [0, 0.1) is 13.8 Å². The van der Waals surface area contributed by atoms with Crippen LogP contribution in [0.15, 0.2) is 12.1 Å². The summed E-state index contributed by atoms with van der Waals surface area (Å²) in [6, 6.07) is 3.76. The maximum atomic E-state index is 12.2. The Labute approximate surface area is 106 Å². The third-order valence-electron chi connectivity index (χ3n) is 2.96. The molecule has 96 valence electrons. The van der Waals surface area contributed by atoms with Gasteiger partial charge < -0.3 is 9.47 Å². The SMILES string of the molecule is Cc1nc(CN(C)C(=O)c2ccc(C)n2C)n[nH]1. The third kappa shape index (κ3) is 2.27. The lowest BCUT2D eigenvalue weighted by molar-refractivity contribution is 0.0772. The van der Waals surface area contributed by atoms with Crippen LogP contribution >= 0.6 is 0 Å². The Hall–Kier alpha value is -2.11. The Kier molecular flexibility index (Phi) is 3.18. The topological polar surface area (TPSA) is 66.8 Å². The molecule has 1 N–H and O–H groups in total. The number of amides is 1. The fourth-order valence-electron chi connectivity index (χ4n) is 1.77. The van der Waals surface area contributed by atoms with Gasteiger partial charge in [-0.05, 0) is 26.0 Å². The van der Waals surface area contributed by atoms with E-state index in [2.05, 4.69) is 15.2 Å². The first-order chi connectivity index (χ1) is 8.49. The normalized spacial score (nSPS) is 10.7. The lowest BCUT2D eigenvalue weighted by atomic mass is 10.3. The zero-order valence-corrected chi connectivity index (χ0v) is 11.1. The van der Waals surface area contributed by atoms with Crippen molar-refractivity contribution < 1.29 is 4.79 Å². The van der Waals surface area contributed by atoms with Crippen LogP contribution in [-0.4, -0.2) is 37.6 Å². The van der Waals surface area contributed by atoms with Gasteiger partial charge in [0.15, 0.2) is 5.82 Å². The second kappa shape index (κ2) is 4.64. The minimum atomic E-state index is -0.0342. The highest BCUT2D eigenvalue weighted by Gasteiger charge is 2.17. The summed E-state index contributed by atoms with van der Waals surface area (Å²) in [5, 5.41) is 6.79. The molecule has 6 nitrogen and oxygen atoms in total. The van der Waals surface area contributed by atoms with Crippen LogP contribution < -0.4 is 0 Å². The monoisotopic (exact) mass is 247 g/mol. The average molecular weight is 247 g/mol. The fourth-order valence-corrected chi connectivity index (χ4v) is 1.77. The van der Waals surface area contributed by atoms with Gasteiger partial charge in [0.2, 0.25) is 0 Å². The molecule has 0 aliphatic rings. The Morgan fingerprint density at radius 2 is 2.17 bits per heavy atom. The first kappa shape index (κ1) is 12.3. The van der Waals surface area contributed by atoms with Gasteiger partial charge in [-0.25, -0.2) is 4.98 Å². The summed E-state index contributed by atoms with van der Waals surface area (Å²) in [4.78, 5) is 18.0. The van der Waals surface area contributed by atoms with Crippen molar-refractivity contribution in [2.45, 2.75) is 20.4 Å². The van der Waals surface area contributed by atoms with Crippen LogP contribution in [0.2, 0.25) is 0 Å². The molecule has 0 saturated carbocycles. The highest BCUT2D eigenvalue weighted by atomic mass is 16.2. The van der Waals surface area contributed by atoms with Gasteiger partial charge in [0.1, 0.15) is 11.5 Å². The van der Waals surface area contributed by atoms with Gasteiger partial charge >= 0.3 is 0 Å². The van der Waals surface area contributed by atoms with E-state index < -0.39 is 0 Å². The molecule has 2 aromatic rings. The predicted molar refractivity (Wildman–Crippen MR) is 67.1 cm³/mol. The summed E-state index contributed by atoms with van der Waals surface area (Å²) in [5.74, 6) is 1.34. The van der Waals surface area contributed by atoms with Crippen LogP contribution in [0.4, 0.5) is 0 Å². The van der Waals surface area contributed by atoms with Gasteiger partial charge in [-0.15, -0.1) is 0 Å². The van der Waals surface area contributed by atoms with Gasteiger partial charge in [-0.1, -0.05) is 0 Å². The molecule has 0 aliphatic heterocycles. The first-order valence-corrected chi connectivity index (χ1v) is 5.74. The van der Waals surface area contributed by atoms with Crippen LogP contribution in [0.3, 0.4) is 0 Å². The standard InChI is InChI=1S/C12H17N5O/c1-8-5-6-10(17(8)4)12(18)16(3)7-11-13-9(2)14-15-11/h5-6H,7H2,1-4H3,(H,13,14,15).